The molecular formula is C18H30N2O. The van der Waals surface area contributed by atoms with Crippen molar-refractivity contribution in [2.75, 3.05) is 13.1 Å². The van der Waals surface area contributed by atoms with Crippen LogP contribution in [0.25, 0.3) is 0 Å². The molecule has 4 rings (SSSR count). The molecule has 0 aromatic rings. The average Bonchev–Trinajstić information content (AvgIpc) is 3.20. The summed E-state index contributed by atoms with van der Waals surface area (Å²) in [5.74, 6) is 4.07. The van der Waals surface area contributed by atoms with Gasteiger partial charge in [0.1, 0.15) is 0 Å². The molecule has 5 atom stereocenters. The Morgan fingerprint density at radius 1 is 1.14 bits per heavy atom. The molecule has 1 saturated heterocycles. The van der Waals surface area contributed by atoms with Gasteiger partial charge in [-0.05, 0) is 81.7 Å². The first-order chi connectivity index (χ1) is 10.2. The highest BCUT2D eigenvalue weighted by atomic mass is 16.2. The molecule has 2 bridgehead atoms. The zero-order chi connectivity index (χ0) is 14.4. The number of carbonyl (C=O) groups excluding carboxylic acids is 1. The van der Waals surface area contributed by atoms with Gasteiger partial charge in [-0.25, -0.2) is 0 Å². The molecule has 0 aromatic carbocycles. The van der Waals surface area contributed by atoms with Crippen LogP contribution in [0.5, 0.6) is 0 Å². The molecule has 0 radical (unpaired) electrons. The summed E-state index contributed by atoms with van der Waals surface area (Å²) in [6.45, 7) is 4.20. The zero-order valence-corrected chi connectivity index (χ0v) is 13.4. The molecule has 3 nitrogen and oxygen atoms in total. The SMILES string of the molecule is CCC1(C(=O)NC2CC3CC2C2CCCC32)CCNCC1. The lowest BCUT2D eigenvalue weighted by molar-refractivity contribution is -0.134. The van der Waals surface area contributed by atoms with Crippen molar-refractivity contribution in [2.24, 2.45) is 29.1 Å². The van der Waals surface area contributed by atoms with Crippen molar-refractivity contribution in [1.82, 2.24) is 10.6 Å². The first-order valence-corrected chi connectivity index (χ1v) is 9.25. The van der Waals surface area contributed by atoms with Crippen LogP contribution in [0.1, 0.15) is 58.3 Å². The third-order valence-corrected chi connectivity index (χ3v) is 7.46. The number of amides is 1. The largest absolute Gasteiger partial charge is 0.353 e. The molecule has 2 N–H and O–H groups in total. The van der Waals surface area contributed by atoms with Gasteiger partial charge in [0.25, 0.3) is 0 Å². The van der Waals surface area contributed by atoms with E-state index in [-0.39, 0.29) is 5.41 Å². The van der Waals surface area contributed by atoms with Gasteiger partial charge in [0.15, 0.2) is 0 Å². The van der Waals surface area contributed by atoms with E-state index >= 15 is 0 Å². The van der Waals surface area contributed by atoms with Crippen LogP contribution in [0.2, 0.25) is 0 Å². The van der Waals surface area contributed by atoms with Gasteiger partial charge in [0.2, 0.25) is 5.91 Å². The van der Waals surface area contributed by atoms with E-state index in [1.807, 2.05) is 0 Å². The number of fused-ring (bicyclic) bond motifs is 5. The van der Waals surface area contributed by atoms with Crippen LogP contribution in [0.4, 0.5) is 0 Å². The van der Waals surface area contributed by atoms with E-state index in [0.717, 1.165) is 56.0 Å². The number of hydrogen-bond donors (Lipinski definition) is 2. The molecule has 3 aliphatic carbocycles. The van der Waals surface area contributed by atoms with Crippen LogP contribution in [0.3, 0.4) is 0 Å². The van der Waals surface area contributed by atoms with Gasteiger partial charge < -0.3 is 10.6 Å². The molecule has 118 valence electrons. The minimum absolute atomic E-state index is 0.0812. The van der Waals surface area contributed by atoms with E-state index in [1.54, 1.807) is 0 Å². The first kappa shape index (κ1) is 14.0. The summed E-state index contributed by atoms with van der Waals surface area (Å²) in [5, 5.41) is 6.92. The van der Waals surface area contributed by atoms with Gasteiger partial charge in [-0.15, -0.1) is 0 Å². The fourth-order valence-corrected chi connectivity index (χ4v) is 6.20. The number of nitrogens with one attached hydrogen (secondary N) is 2. The molecule has 1 heterocycles. The second kappa shape index (κ2) is 5.26. The van der Waals surface area contributed by atoms with E-state index < -0.39 is 0 Å². The van der Waals surface area contributed by atoms with Gasteiger partial charge >= 0.3 is 0 Å². The molecule has 0 spiro atoms. The maximum absolute atomic E-state index is 12.9. The summed E-state index contributed by atoms with van der Waals surface area (Å²) in [6.07, 6.45) is 10.0. The first-order valence-electron chi connectivity index (χ1n) is 9.25. The Morgan fingerprint density at radius 3 is 2.67 bits per heavy atom. The standard InChI is InChI=1S/C18H30N2O/c1-2-18(6-8-19-9-7-18)17(21)20-16-11-12-10-15(16)14-5-3-4-13(12)14/h12-16,19H,2-11H2,1H3,(H,20,21). The predicted molar refractivity (Wildman–Crippen MR) is 83.8 cm³/mol. The molecule has 1 amide bonds. The highest BCUT2D eigenvalue weighted by molar-refractivity contribution is 5.83. The van der Waals surface area contributed by atoms with Crippen molar-refractivity contribution in [2.45, 2.75) is 64.3 Å². The second-order valence-electron chi connectivity index (χ2n) is 8.12. The van der Waals surface area contributed by atoms with Crippen LogP contribution in [0, 0.1) is 29.1 Å². The van der Waals surface area contributed by atoms with Crippen LogP contribution in [-0.2, 0) is 4.79 Å². The fraction of sp³-hybridized carbons (Fsp3) is 0.944. The molecule has 3 heteroatoms. The molecule has 21 heavy (non-hydrogen) atoms. The van der Waals surface area contributed by atoms with E-state index in [1.165, 1.54) is 32.1 Å². The predicted octanol–water partition coefficient (Wildman–Crippen LogP) is 2.71. The van der Waals surface area contributed by atoms with Gasteiger partial charge in [0, 0.05) is 6.04 Å². The Hall–Kier alpha value is -0.570. The van der Waals surface area contributed by atoms with Crippen molar-refractivity contribution >= 4 is 5.91 Å². The zero-order valence-electron chi connectivity index (χ0n) is 13.4. The Morgan fingerprint density at radius 2 is 1.90 bits per heavy atom. The summed E-state index contributed by atoms with van der Waals surface area (Å²) < 4.78 is 0. The van der Waals surface area contributed by atoms with Gasteiger partial charge in [-0.2, -0.15) is 0 Å². The average molecular weight is 290 g/mol. The minimum atomic E-state index is -0.0812. The van der Waals surface area contributed by atoms with Crippen LogP contribution in [0.15, 0.2) is 0 Å². The summed E-state index contributed by atoms with van der Waals surface area (Å²) in [5.41, 5.74) is -0.0812. The van der Waals surface area contributed by atoms with Gasteiger partial charge in [0.05, 0.1) is 5.41 Å². The Balaban J connectivity index is 1.43. The summed E-state index contributed by atoms with van der Waals surface area (Å²) in [7, 11) is 0. The molecule has 5 unspecified atom stereocenters. The topological polar surface area (TPSA) is 41.1 Å². The Bertz CT molecular complexity index is 415. The molecule has 0 aromatic heterocycles. The summed E-state index contributed by atoms with van der Waals surface area (Å²) >= 11 is 0. The number of rotatable bonds is 3. The summed E-state index contributed by atoms with van der Waals surface area (Å²) in [4.78, 5) is 12.9. The Kier molecular flexibility index (Phi) is 3.52. The lowest BCUT2D eigenvalue weighted by Crippen LogP contribution is -2.52. The van der Waals surface area contributed by atoms with Crippen molar-refractivity contribution in [3.8, 4) is 0 Å². The van der Waals surface area contributed by atoms with Crippen LogP contribution >= 0.6 is 0 Å². The van der Waals surface area contributed by atoms with Gasteiger partial charge in [-0.1, -0.05) is 13.3 Å². The van der Waals surface area contributed by atoms with Crippen molar-refractivity contribution < 1.29 is 4.79 Å². The number of piperidine rings is 1. The van der Waals surface area contributed by atoms with E-state index in [0.29, 0.717) is 11.9 Å². The Labute approximate surface area is 128 Å². The van der Waals surface area contributed by atoms with Crippen molar-refractivity contribution in [3.63, 3.8) is 0 Å². The second-order valence-corrected chi connectivity index (χ2v) is 8.12. The number of carbonyl (C=O) groups is 1. The molecule has 4 aliphatic rings. The van der Waals surface area contributed by atoms with Crippen molar-refractivity contribution in [1.29, 1.82) is 0 Å². The van der Waals surface area contributed by atoms with Crippen molar-refractivity contribution in [3.05, 3.63) is 0 Å². The quantitative estimate of drug-likeness (QED) is 0.839. The maximum Gasteiger partial charge on any atom is 0.226 e. The number of hydrogen-bond acceptors (Lipinski definition) is 2. The van der Waals surface area contributed by atoms with Gasteiger partial charge in [-0.3, -0.25) is 4.79 Å². The van der Waals surface area contributed by atoms with E-state index in [2.05, 4.69) is 17.6 Å². The highest BCUT2D eigenvalue weighted by Gasteiger charge is 2.54. The maximum atomic E-state index is 12.9. The third-order valence-electron chi connectivity index (χ3n) is 7.46. The fourth-order valence-electron chi connectivity index (χ4n) is 6.20. The third kappa shape index (κ3) is 2.15. The normalized spacial score (nSPS) is 43.8. The smallest absolute Gasteiger partial charge is 0.226 e. The molecule has 3 saturated carbocycles. The monoisotopic (exact) mass is 290 g/mol. The van der Waals surface area contributed by atoms with Crippen LogP contribution in [-0.4, -0.2) is 25.0 Å². The lowest BCUT2D eigenvalue weighted by Gasteiger charge is -2.39. The molecular weight excluding hydrogens is 260 g/mol. The lowest BCUT2D eigenvalue weighted by atomic mass is 9.74. The van der Waals surface area contributed by atoms with Crippen LogP contribution < -0.4 is 10.6 Å². The minimum Gasteiger partial charge on any atom is -0.353 e. The highest BCUT2D eigenvalue weighted by Crippen LogP contribution is 2.58. The summed E-state index contributed by atoms with van der Waals surface area (Å²) in [6, 6.07) is 0.500. The van der Waals surface area contributed by atoms with E-state index in [4.69, 9.17) is 0 Å². The van der Waals surface area contributed by atoms with E-state index in [9.17, 15) is 4.79 Å². The molecule has 4 fully saturated rings. The molecule has 1 aliphatic heterocycles.